The van der Waals surface area contributed by atoms with Crippen LogP contribution in [0, 0.1) is 5.92 Å². The first-order chi connectivity index (χ1) is 13.8. The van der Waals surface area contributed by atoms with E-state index in [4.69, 9.17) is 0 Å². The number of carboxylic acid groups (broad SMARTS) is 1. The van der Waals surface area contributed by atoms with Crippen LogP contribution in [0.2, 0.25) is 0 Å². The van der Waals surface area contributed by atoms with E-state index in [9.17, 15) is 19.5 Å². The molecule has 0 radical (unpaired) electrons. The second kappa shape index (κ2) is 7.58. The van der Waals surface area contributed by atoms with Crippen LogP contribution in [0.5, 0.6) is 0 Å². The van der Waals surface area contributed by atoms with E-state index in [0.717, 1.165) is 12.8 Å². The molecular formula is C20H27N3O4S2. The number of carbonyl (C=O) groups excluding carboxylic acids is 2. The minimum atomic E-state index is -1.74. The van der Waals surface area contributed by atoms with Gasteiger partial charge in [-0.1, -0.05) is 32.1 Å². The molecule has 29 heavy (non-hydrogen) atoms. The van der Waals surface area contributed by atoms with E-state index in [-0.39, 0.29) is 17.2 Å². The average Bonchev–Trinajstić information content (AvgIpc) is 3.24. The van der Waals surface area contributed by atoms with Gasteiger partial charge >= 0.3 is 5.97 Å². The van der Waals surface area contributed by atoms with Crippen LogP contribution in [0.25, 0.3) is 0 Å². The molecule has 1 saturated carbocycles. The first-order valence-corrected chi connectivity index (χ1v) is 12.0. The molecule has 158 valence electrons. The molecule has 9 heteroatoms. The molecule has 1 unspecified atom stereocenters. The van der Waals surface area contributed by atoms with Crippen LogP contribution in [0.15, 0.2) is 10.9 Å². The van der Waals surface area contributed by atoms with Crippen LogP contribution >= 0.6 is 23.1 Å². The van der Waals surface area contributed by atoms with Crippen molar-refractivity contribution in [1.29, 1.82) is 0 Å². The maximum atomic E-state index is 13.5. The summed E-state index contributed by atoms with van der Waals surface area (Å²) in [6.07, 6.45) is 6.73. The fourth-order valence-electron chi connectivity index (χ4n) is 5.00. The Morgan fingerprint density at radius 2 is 2.07 bits per heavy atom. The summed E-state index contributed by atoms with van der Waals surface area (Å²) >= 11 is 2.87. The largest absolute Gasteiger partial charge is 0.478 e. The number of thioether (sulfide) groups is 1. The zero-order valence-electron chi connectivity index (χ0n) is 16.7. The van der Waals surface area contributed by atoms with Crippen molar-refractivity contribution in [3.05, 3.63) is 16.6 Å². The molecule has 3 atom stereocenters. The number of carboxylic acids is 1. The molecule has 0 spiro atoms. The molecule has 1 aromatic rings. The Hall–Kier alpha value is -1.61. The lowest BCUT2D eigenvalue weighted by atomic mass is 9.81. The molecule has 3 aliphatic rings. The fraction of sp³-hybridized carbons (Fsp3) is 0.700. The lowest BCUT2D eigenvalue weighted by Gasteiger charge is -2.46. The number of nitrogens with zero attached hydrogens (tertiary/aromatic N) is 2. The predicted molar refractivity (Wildman–Crippen MR) is 111 cm³/mol. The summed E-state index contributed by atoms with van der Waals surface area (Å²) in [6.45, 7) is 3.58. The summed E-state index contributed by atoms with van der Waals surface area (Å²) in [6, 6.07) is 0. The van der Waals surface area contributed by atoms with E-state index < -0.39 is 22.3 Å². The van der Waals surface area contributed by atoms with Crippen molar-refractivity contribution in [2.24, 2.45) is 5.92 Å². The zero-order valence-corrected chi connectivity index (χ0v) is 18.4. The van der Waals surface area contributed by atoms with Crippen LogP contribution in [0.4, 0.5) is 0 Å². The van der Waals surface area contributed by atoms with Gasteiger partial charge in [-0.15, -0.1) is 23.1 Å². The Kier molecular flexibility index (Phi) is 5.40. The van der Waals surface area contributed by atoms with Gasteiger partial charge in [-0.3, -0.25) is 14.5 Å². The molecule has 0 aromatic carbocycles. The summed E-state index contributed by atoms with van der Waals surface area (Å²) in [7, 11) is 0. The third-order valence-corrected chi connectivity index (χ3v) is 8.74. The zero-order chi connectivity index (χ0) is 20.8. The van der Waals surface area contributed by atoms with Gasteiger partial charge in [-0.05, 0) is 26.2 Å². The average molecular weight is 438 g/mol. The van der Waals surface area contributed by atoms with Crippen molar-refractivity contribution < 1.29 is 19.5 Å². The summed E-state index contributed by atoms with van der Waals surface area (Å²) in [5.41, 5.74) is 0.650. The van der Waals surface area contributed by atoms with Crippen molar-refractivity contribution >= 4 is 40.9 Å². The van der Waals surface area contributed by atoms with Crippen molar-refractivity contribution in [3.8, 4) is 0 Å². The van der Waals surface area contributed by atoms with Gasteiger partial charge in [0.05, 0.1) is 33.7 Å². The van der Waals surface area contributed by atoms with Crippen molar-refractivity contribution in [3.63, 3.8) is 0 Å². The van der Waals surface area contributed by atoms with Crippen LogP contribution in [0.1, 0.15) is 70.4 Å². The van der Waals surface area contributed by atoms with Gasteiger partial charge in [0.1, 0.15) is 0 Å². The highest BCUT2D eigenvalue weighted by atomic mass is 32.2. The first-order valence-electron chi connectivity index (χ1n) is 10.2. The van der Waals surface area contributed by atoms with Gasteiger partial charge in [0, 0.05) is 5.38 Å². The van der Waals surface area contributed by atoms with E-state index in [1.807, 2.05) is 5.38 Å². The van der Waals surface area contributed by atoms with Crippen LogP contribution in [-0.2, 0) is 14.4 Å². The summed E-state index contributed by atoms with van der Waals surface area (Å²) in [5, 5.41) is 14.7. The van der Waals surface area contributed by atoms with Crippen molar-refractivity contribution in [2.45, 2.75) is 80.5 Å². The Bertz CT molecular complexity index is 807. The Labute approximate surface area is 178 Å². The van der Waals surface area contributed by atoms with E-state index in [1.54, 1.807) is 19.4 Å². The van der Waals surface area contributed by atoms with Gasteiger partial charge in [0.15, 0.2) is 0 Å². The molecule has 2 amide bonds. The Morgan fingerprint density at radius 1 is 1.34 bits per heavy atom. The lowest BCUT2D eigenvalue weighted by Crippen LogP contribution is -2.75. The van der Waals surface area contributed by atoms with Gasteiger partial charge < -0.3 is 10.4 Å². The molecule has 3 fully saturated rings. The molecule has 3 heterocycles. The maximum Gasteiger partial charge on any atom is 0.352 e. The van der Waals surface area contributed by atoms with Crippen molar-refractivity contribution in [2.75, 3.05) is 0 Å². The third-order valence-electron chi connectivity index (χ3n) is 6.60. The maximum absolute atomic E-state index is 13.5. The van der Waals surface area contributed by atoms with Crippen molar-refractivity contribution in [1.82, 2.24) is 15.2 Å². The van der Waals surface area contributed by atoms with Gasteiger partial charge in [-0.2, -0.15) is 0 Å². The number of β-lactam (4-membered cyclic amide) rings is 1. The number of rotatable bonds is 6. The van der Waals surface area contributed by atoms with Gasteiger partial charge in [-0.25, -0.2) is 9.78 Å². The molecule has 1 aliphatic carbocycles. The standard InChI is InChI=1S/C20H27N3O4S2/c1-19(2)20(18(26)27,23-15(24)9-16(23)29-19)22-17(25)13(14-10-28-11-21-14)8-12-6-4-3-5-7-12/h10-13,16H,3-9H2,1-2H3,(H,22,25)(H,26,27)/t13?,16-,20+/m1/s1. The van der Waals surface area contributed by atoms with E-state index in [1.165, 1.54) is 47.3 Å². The monoisotopic (exact) mass is 437 g/mol. The molecule has 1 aromatic heterocycles. The number of hydrogen-bond donors (Lipinski definition) is 2. The number of carbonyl (C=O) groups is 3. The Balaban J connectivity index is 1.63. The number of hydrogen-bond acceptors (Lipinski definition) is 6. The van der Waals surface area contributed by atoms with Crippen LogP contribution in [-0.4, -0.2) is 48.6 Å². The van der Waals surface area contributed by atoms with Crippen LogP contribution < -0.4 is 5.32 Å². The van der Waals surface area contributed by atoms with E-state index in [2.05, 4.69) is 10.3 Å². The summed E-state index contributed by atoms with van der Waals surface area (Å²) in [5.74, 6) is -1.83. The van der Waals surface area contributed by atoms with Gasteiger partial charge in [0.2, 0.25) is 17.5 Å². The SMILES string of the molecule is CC1(C)S[C@@H]2CC(=O)N2[C@@]1(NC(=O)C(CC1CCCCC1)c1cscn1)C(=O)O. The second-order valence-corrected chi connectivity index (χ2v) is 11.3. The smallest absolute Gasteiger partial charge is 0.352 e. The summed E-state index contributed by atoms with van der Waals surface area (Å²) < 4.78 is -0.844. The number of amides is 2. The third kappa shape index (κ3) is 3.36. The van der Waals surface area contributed by atoms with E-state index in [0.29, 0.717) is 24.5 Å². The molecule has 0 bridgehead atoms. The quantitative estimate of drug-likeness (QED) is 0.663. The molecular weight excluding hydrogens is 410 g/mol. The Morgan fingerprint density at radius 3 is 2.66 bits per heavy atom. The molecule has 2 aliphatic heterocycles. The van der Waals surface area contributed by atoms with E-state index >= 15 is 0 Å². The molecule has 2 N–H and O–H groups in total. The first kappa shape index (κ1) is 20.7. The minimum Gasteiger partial charge on any atom is -0.478 e. The number of aromatic nitrogens is 1. The van der Waals surface area contributed by atoms with Gasteiger partial charge in [0.25, 0.3) is 0 Å². The molecule has 4 rings (SSSR count). The second-order valence-electron chi connectivity index (χ2n) is 8.76. The lowest BCUT2D eigenvalue weighted by molar-refractivity contribution is -0.173. The number of nitrogens with one attached hydrogen (secondary N) is 1. The summed E-state index contributed by atoms with van der Waals surface area (Å²) in [4.78, 5) is 44.0. The molecule has 2 saturated heterocycles. The predicted octanol–water partition coefficient (Wildman–Crippen LogP) is 3.18. The fourth-order valence-corrected chi connectivity index (χ4v) is 7.30. The minimum absolute atomic E-state index is 0.204. The number of fused-ring (bicyclic) bond motifs is 1. The molecule has 7 nitrogen and oxygen atoms in total. The topological polar surface area (TPSA) is 99.6 Å². The normalized spacial score (nSPS) is 29.8. The number of thiazole rings is 1. The number of aliphatic carboxylic acids is 1. The highest BCUT2D eigenvalue weighted by molar-refractivity contribution is 8.01. The highest BCUT2D eigenvalue weighted by Crippen LogP contribution is 2.55. The van der Waals surface area contributed by atoms with Crippen LogP contribution in [0.3, 0.4) is 0 Å². The highest BCUT2D eigenvalue weighted by Gasteiger charge is 2.70.